The van der Waals surface area contributed by atoms with Crippen LogP contribution in [0.3, 0.4) is 0 Å². The van der Waals surface area contributed by atoms with Gasteiger partial charge in [0.05, 0.1) is 25.3 Å². The largest absolute Gasteiger partial charge is 0.633 e. The number of hydrogen-bond donors (Lipinski definition) is 0. The zero-order valence-electron chi connectivity index (χ0n) is 18.3. The second kappa shape index (κ2) is 8.73. The van der Waals surface area contributed by atoms with Gasteiger partial charge in [0.2, 0.25) is 0 Å². The van der Waals surface area contributed by atoms with E-state index in [9.17, 15) is 14.4 Å². The minimum atomic E-state index is -0.350. The predicted octanol–water partition coefficient (Wildman–Crippen LogP) is 2.78. The molecule has 2 aliphatic rings. The Bertz CT molecular complexity index is 1180. The van der Waals surface area contributed by atoms with E-state index in [0.717, 1.165) is 48.4 Å². The van der Waals surface area contributed by atoms with Crippen LogP contribution in [0.4, 0.5) is 4.39 Å². The highest BCUT2D eigenvalue weighted by Crippen LogP contribution is 2.34. The van der Waals surface area contributed by atoms with Crippen LogP contribution in [0.5, 0.6) is 0 Å². The summed E-state index contributed by atoms with van der Waals surface area (Å²) in [5.41, 5.74) is 2.74. The molecule has 0 amide bonds. The van der Waals surface area contributed by atoms with Gasteiger partial charge in [-0.05, 0) is 31.9 Å². The summed E-state index contributed by atoms with van der Waals surface area (Å²) in [5, 5.41) is 18.3. The maximum atomic E-state index is 13.4. The quantitative estimate of drug-likeness (QED) is 0.453. The van der Waals surface area contributed by atoms with E-state index in [1.165, 1.54) is 12.1 Å². The number of benzene rings is 1. The number of nitrogens with zero attached hydrogens (tertiary/aromatic N) is 4. The van der Waals surface area contributed by atoms with Crippen molar-refractivity contribution in [1.82, 2.24) is 14.7 Å². The van der Waals surface area contributed by atoms with Crippen molar-refractivity contribution in [3.63, 3.8) is 0 Å². The zero-order valence-corrected chi connectivity index (χ0v) is 18.3. The Hall–Kier alpha value is -2.62. The number of quaternary nitrogens is 1. The first-order chi connectivity index (χ1) is 14.9. The summed E-state index contributed by atoms with van der Waals surface area (Å²) in [6, 6.07) is 4.45. The number of halogens is 1. The van der Waals surface area contributed by atoms with Gasteiger partial charge in [-0.3, -0.25) is 9.36 Å². The van der Waals surface area contributed by atoms with E-state index < -0.39 is 0 Å². The molecule has 1 aromatic carbocycles. The standard InChI is InChI=1S/C23H27FN4O3.H2O/c1-15-18(23(29)27-10-3-2-4-21(27)25-15)9-13-28(30)11-7-16(8-12-28)22-19-6-5-17(24)14-20(19)31-26-22;/h5-6,14,16H,2-4,7-13H2,1H3;1H2. The molecule has 5 rings (SSSR count). The third-order valence-electron chi connectivity index (χ3n) is 6.97. The van der Waals surface area contributed by atoms with Gasteiger partial charge in [0, 0.05) is 60.9 Å². The maximum absolute atomic E-state index is 13.4. The molecule has 32 heavy (non-hydrogen) atoms. The molecule has 0 aliphatic carbocycles. The van der Waals surface area contributed by atoms with E-state index in [-0.39, 0.29) is 27.4 Å². The van der Waals surface area contributed by atoms with Crippen molar-refractivity contribution in [2.75, 3.05) is 19.6 Å². The number of aromatic nitrogens is 3. The van der Waals surface area contributed by atoms with Crippen LogP contribution in [0.1, 0.15) is 54.4 Å². The van der Waals surface area contributed by atoms with Gasteiger partial charge in [-0.15, -0.1) is 0 Å². The Balaban J connectivity index is 0.00000245. The topological polar surface area (TPSA) is 115 Å². The first-order valence-electron chi connectivity index (χ1n) is 11.1. The summed E-state index contributed by atoms with van der Waals surface area (Å²) >= 11 is 0. The lowest BCUT2D eigenvalue weighted by molar-refractivity contribution is -0.885. The summed E-state index contributed by atoms with van der Waals surface area (Å²) in [6.45, 7) is 3.93. The Kier molecular flexibility index (Phi) is 6.15. The van der Waals surface area contributed by atoms with Crippen molar-refractivity contribution in [2.45, 2.75) is 57.9 Å². The maximum Gasteiger partial charge on any atom is 0.257 e. The van der Waals surface area contributed by atoms with E-state index >= 15 is 0 Å². The molecule has 0 atom stereocenters. The average Bonchev–Trinajstić information content (AvgIpc) is 3.17. The van der Waals surface area contributed by atoms with Gasteiger partial charge >= 0.3 is 0 Å². The highest BCUT2D eigenvalue weighted by atomic mass is 19.1. The van der Waals surface area contributed by atoms with Crippen molar-refractivity contribution in [3.05, 3.63) is 62.4 Å². The highest BCUT2D eigenvalue weighted by Gasteiger charge is 2.31. The van der Waals surface area contributed by atoms with Crippen molar-refractivity contribution in [2.24, 2.45) is 0 Å². The summed E-state index contributed by atoms with van der Waals surface area (Å²) < 4.78 is 20.2. The molecule has 0 unspecified atom stereocenters. The molecular formula is C23H29FN4O4. The van der Waals surface area contributed by atoms with Gasteiger partial charge in [-0.25, -0.2) is 9.37 Å². The summed E-state index contributed by atoms with van der Waals surface area (Å²) in [7, 11) is 0. The van der Waals surface area contributed by atoms with Crippen LogP contribution in [0.15, 0.2) is 27.5 Å². The lowest BCUT2D eigenvalue weighted by Crippen LogP contribution is -2.49. The number of likely N-dealkylation sites (tertiary alicyclic amines) is 1. The van der Waals surface area contributed by atoms with E-state index in [4.69, 9.17) is 4.52 Å². The third-order valence-corrected chi connectivity index (χ3v) is 6.97. The molecular weight excluding hydrogens is 415 g/mol. The Morgan fingerprint density at radius 3 is 2.84 bits per heavy atom. The van der Waals surface area contributed by atoms with Gasteiger partial charge in [-0.2, -0.15) is 0 Å². The minimum absolute atomic E-state index is 0. The number of aryl methyl sites for hydroxylation is 2. The molecule has 0 bridgehead atoms. The third kappa shape index (κ3) is 4.07. The fraction of sp³-hybridized carbons (Fsp3) is 0.522. The molecule has 172 valence electrons. The van der Waals surface area contributed by atoms with Gasteiger partial charge in [0.1, 0.15) is 11.6 Å². The number of hydrogen-bond acceptors (Lipinski definition) is 5. The second-order valence-electron chi connectivity index (χ2n) is 8.97. The van der Waals surface area contributed by atoms with Gasteiger partial charge in [0.15, 0.2) is 5.58 Å². The van der Waals surface area contributed by atoms with Crippen LogP contribution in [0, 0.1) is 17.9 Å². The van der Waals surface area contributed by atoms with Crippen LogP contribution in [-0.4, -0.2) is 44.5 Å². The number of piperidine rings is 1. The van der Waals surface area contributed by atoms with Gasteiger partial charge in [0.25, 0.3) is 5.56 Å². The first-order valence-corrected chi connectivity index (χ1v) is 11.1. The molecule has 1 saturated heterocycles. The fourth-order valence-corrected chi connectivity index (χ4v) is 5.09. The lowest BCUT2D eigenvalue weighted by Gasteiger charge is -2.47. The predicted molar refractivity (Wildman–Crippen MR) is 118 cm³/mol. The number of hydroxylamine groups is 3. The van der Waals surface area contributed by atoms with Gasteiger partial charge in [-0.1, -0.05) is 5.16 Å². The molecule has 2 aromatic heterocycles. The smallest absolute Gasteiger partial charge is 0.257 e. The van der Waals surface area contributed by atoms with E-state index in [1.807, 2.05) is 6.92 Å². The molecule has 9 heteroatoms. The first kappa shape index (κ1) is 22.6. The Labute approximate surface area is 185 Å². The molecule has 0 spiro atoms. The molecule has 0 radical (unpaired) electrons. The molecule has 3 aromatic rings. The average molecular weight is 445 g/mol. The summed E-state index contributed by atoms with van der Waals surface area (Å²) in [6.07, 6.45) is 4.78. The van der Waals surface area contributed by atoms with Crippen molar-refractivity contribution in [1.29, 1.82) is 0 Å². The molecule has 4 heterocycles. The molecule has 2 aliphatic heterocycles. The number of fused-ring (bicyclic) bond motifs is 2. The van der Waals surface area contributed by atoms with Crippen molar-refractivity contribution < 1.29 is 19.0 Å². The highest BCUT2D eigenvalue weighted by molar-refractivity contribution is 5.79. The monoisotopic (exact) mass is 444 g/mol. The fourth-order valence-electron chi connectivity index (χ4n) is 5.09. The SMILES string of the molecule is Cc1nc2n(c(=O)c1CC[N+]1([O-])CCC(c3noc4cc(F)ccc34)CC1)CCCC2.O. The Morgan fingerprint density at radius 2 is 2.06 bits per heavy atom. The van der Waals surface area contributed by atoms with Crippen LogP contribution in [-0.2, 0) is 19.4 Å². The number of rotatable bonds is 4. The second-order valence-corrected chi connectivity index (χ2v) is 8.97. The van der Waals surface area contributed by atoms with Crippen LogP contribution in [0.2, 0.25) is 0 Å². The lowest BCUT2D eigenvalue weighted by atomic mass is 9.91. The van der Waals surface area contributed by atoms with Crippen molar-refractivity contribution >= 4 is 11.0 Å². The Morgan fingerprint density at radius 1 is 1.28 bits per heavy atom. The van der Waals surface area contributed by atoms with Crippen molar-refractivity contribution in [3.8, 4) is 0 Å². The van der Waals surface area contributed by atoms with Gasteiger partial charge < -0.3 is 19.9 Å². The van der Waals surface area contributed by atoms with E-state index in [1.54, 1.807) is 10.6 Å². The van der Waals surface area contributed by atoms with E-state index in [0.29, 0.717) is 50.0 Å². The molecule has 1 fully saturated rings. The molecule has 8 nitrogen and oxygen atoms in total. The zero-order chi connectivity index (χ0) is 21.6. The normalized spacial score (nSPS) is 23.0. The van der Waals surface area contributed by atoms with Crippen LogP contribution < -0.4 is 5.56 Å². The van der Waals surface area contributed by atoms with Crippen LogP contribution in [0.25, 0.3) is 11.0 Å². The summed E-state index contributed by atoms with van der Waals surface area (Å²) in [5.74, 6) is 0.658. The summed E-state index contributed by atoms with van der Waals surface area (Å²) in [4.78, 5) is 17.6. The molecule has 0 saturated carbocycles. The van der Waals surface area contributed by atoms with Crippen LogP contribution >= 0.6 is 0 Å². The molecule has 2 N–H and O–H groups in total. The van der Waals surface area contributed by atoms with E-state index in [2.05, 4.69) is 10.1 Å². The minimum Gasteiger partial charge on any atom is -0.633 e.